The van der Waals surface area contributed by atoms with Gasteiger partial charge in [-0.15, -0.1) is 0 Å². The molecule has 0 spiro atoms. The van der Waals surface area contributed by atoms with Gasteiger partial charge >= 0.3 is 0 Å². The molecule has 0 amide bonds. The summed E-state index contributed by atoms with van der Waals surface area (Å²) in [6, 6.07) is 7.12. The van der Waals surface area contributed by atoms with Gasteiger partial charge in [0.05, 0.1) is 10.6 Å². The molecule has 0 heterocycles. The summed E-state index contributed by atoms with van der Waals surface area (Å²) in [5, 5.41) is 0. The Balaban J connectivity index is 2.13. The maximum absolute atomic E-state index is 12.5. The van der Waals surface area contributed by atoms with Crippen molar-refractivity contribution < 1.29 is 8.42 Å². The molecule has 0 aliphatic heterocycles. The lowest BCUT2D eigenvalue weighted by atomic mass is 9.91. The van der Waals surface area contributed by atoms with Crippen molar-refractivity contribution in [2.75, 3.05) is 12.3 Å². The second-order valence-electron chi connectivity index (χ2n) is 5.50. The summed E-state index contributed by atoms with van der Waals surface area (Å²) >= 11 is 0. The normalized spacial score (nSPS) is 17.6. The molecular weight excluding hydrogens is 270 g/mol. The summed E-state index contributed by atoms with van der Waals surface area (Å²) in [5.41, 5.74) is 6.31. The Morgan fingerprint density at radius 1 is 1.20 bits per heavy atom. The summed E-state index contributed by atoms with van der Waals surface area (Å²) in [5.74, 6) is 0.619. The topological polar surface area (TPSA) is 60.2 Å². The van der Waals surface area contributed by atoms with E-state index < -0.39 is 9.84 Å². The number of rotatable bonds is 5. The highest BCUT2D eigenvalue weighted by Gasteiger charge is 2.22. The standard InChI is InChI=1S/C16H23NO2S/c17-11-5-9-14-8-4-10-16(12-14)20(18,19)13-15-6-2-1-3-7-15/h4-5,8-10,12,15H,1-3,6-7,11,13,17H2. The SMILES string of the molecule is NCC=Cc1cccc(S(=O)(=O)CC2CCCCC2)c1. The van der Waals surface area contributed by atoms with Crippen LogP contribution >= 0.6 is 0 Å². The monoisotopic (exact) mass is 293 g/mol. The van der Waals surface area contributed by atoms with Gasteiger partial charge in [0.1, 0.15) is 0 Å². The van der Waals surface area contributed by atoms with Crippen LogP contribution in [0, 0.1) is 5.92 Å². The average Bonchev–Trinajstić information content (AvgIpc) is 2.46. The van der Waals surface area contributed by atoms with Crippen LogP contribution in [-0.4, -0.2) is 20.7 Å². The third-order valence-electron chi connectivity index (χ3n) is 3.84. The minimum Gasteiger partial charge on any atom is -0.327 e. The van der Waals surface area contributed by atoms with Gasteiger partial charge in [0.15, 0.2) is 9.84 Å². The van der Waals surface area contributed by atoms with Crippen LogP contribution < -0.4 is 5.73 Å². The summed E-state index contributed by atoms with van der Waals surface area (Å²) in [6.45, 7) is 0.457. The van der Waals surface area contributed by atoms with E-state index in [4.69, 9.17) is 5.73 Å². The molecule has 1 aromatic carbocycles. The molecule has 2 rings (SSSR count). The fraction of sp³-hybridized carbons (Fsp3) is 0.500. The number of hydrogen-bond acceptors (Lipinski definition) is 3. The molecule has 20 heavy (non-hydrogen) atoms. The van der Waals surface area contributed by atoms with Crippen molar-refractivity contribution >= 4 is 15.9 Å². The average molecular weight is 293 g/mol. The van der Waals surface area contributed by atoms with E-state index in [0.29, 0.717) is 17.4 Å². The van der Waals surface area contributed by atoms with Gasteiger partial charge in [0, 0.05) is 6.54 Å². The van der Waals surface area contributed by atoms with Gasteiger partial charge in [-0.1, -0.05) is 43.5 Å². The minimum absolute atomic E-state index is 0.289. The number of hydrogen-bond donors (Lipinski definition) is 1. The van der Waals surface area contributed by atoms with Gasteiger partial charge in [0.25, 0.3) is 0 Å². The van der Waals surface area contributed by atoms with E-state index in [2.05, 4.69) is 0 Å². The summed E-state index contributed by atoms with van der Waals surface area (Å²) in [7, 11) is -3.17. The molecule has 0 radical (unpaired) electrons. The van der Waals surface area contributed by atoms with Gasteiger partial charge in [-0.25, -0.2) is 8.42 Å². The molecule has 1 aromatic rings. The van der Waals surface area contributed by atoms with Crippen LogP contribution in [0.3, 0.4) is 0 Å². The lowest BCUT2D eigenvalue weighted by Gasteiger charge is -2.21. The van der Waals surface area contributed by atoms with Gasteiger partial charge < -0.3 is 5.73 Å². The molecular formula is C16H23NO2S. The first-order chi connectivity index (χ1) is 9.62. The van der Waals surface area contributed by atoms with Crippen LogP contribution in [0.5, 0.6) is 0 Å². The van der Waals surface area contributed by atoms with E-state index in [-0.39, 0.29) is 5.75 Å². The highest BCUT2D eigenvalue weighted by molar-refractivity contribution is 7.91. The van der Waals surface area contributed by atoms with Crippen LogP contribution in [0.25, 0.3) is 6.08 Å². The number of nitrogens with two attached hydrogens (primary N) is 1. The van der Waals surface area contributed by atoms with Crippen molar-refractivity contribution in [2.45, 2.75) is 37.0 Å². The quantitative estimate of drug-likeness (QED) is 0.907. The summed E-state index contributed by atoms with van der Waals surface area (Å²) < 4.78 is 25.0. The second-order valence-corrected chi connectivity index (χ2v) is 7.53. The number of sulfone groups is 1. The molecule has 2 N–H and O–H groups in total. The molecule has 0 bridgehead atoms. The predicted molar refractivity (Wildman–Crippen MR) is 83.2 cm³/mol. The highest BCUT2D eigenvalue weighted by atomic mass is 32.2. The number of benzene rings is 1. The van der Waals surface area contributed by atoms with Crippen LogP contribution in [0.4, 0.5) is 0 Å². The lowest BCUT2D eigenvalue weighted by molar-refractivity contribution is 0.385. The molecule has 1 aliphatic carbocycles. The van der Waals surface area contributed by atoms with E-state index in [1.807, 2.05) is 18.2 Å². The maximum atomic E-state index is 12.5. The Hall–Kier alpha value is -1.13. The molecule has 1 aliphatic rings. The molecule has 110 valence electrons. The Bertz CT molecular complexity index is 558. The van der Waals surface area contributed by atoms with Gasteiger partial charge in [-0.3, -0.25) is 0 Å². The summed E-state index contributed by atoms with van der Waals surface area (Å²) in [4.78, 5) is 0.433. The molecule has 0 saturated heterocycles. The largest absolute Gasteiger partial charge is 0.327 e. The zero-order chi connectivity index (χ0) is 14.4. The Morgan fingerprint density at radius 3 is 2.65 bits per heavy atom. The van der Waals surface area contributed by atoms with Crippen molar-refractivity contribution in [3.8, 4) is 0 Å². The van der Waals surface area contributed by atoms with E-state index in [9.17, 15) is 8.42 Å². The maximum Gasteiger partial charge on any atom is 0.178 e. The first-order valence-corrected chi connectivity index (χ1v) is 8.96. The minimum atomic E-state index is -3.17. The molecule has 0 aromatic heterocycles. The van der Waals surface area contributed by atoms with E-state index >= 15 is 0 Å². The van der Waals surface area contributed by atoms with Crippen LogP contribution in [0.2, 0.25) is 0 Å². The molecule has 1 saturated carbocycles. The molecule has 1 fully saturated rings. The van der Waals surface area contributed by atoms with E-state index in [0.717, 1.165) is 18.4 Å². The van der Waals surface area contributed by atoms with Crippen molar-refractivity contribution in [3.63, 3.8) is 0 Å². The van der Waals surface area contributed by atoms with Gasteiger partial charge in [-0.2, -0.15) is 0 Å². The first-order valence-electron chi connectivity index (χ1n) is 7.31. The van der Waals surface area contributed by atoms with Crippen LogP contribution in [0.1, 0.15) is 37.7 Å². The molecule has 0 atom stereocenters. The third-order valence-corrected chi connectivity index (χ3v) is 5.73. The van der Waals surface area contributed by atoms with Crippen LogP contribution in [0.15, 0.2) is 35.2 Å². The smallest absolute Gasteiger partial charge is 0.178 e. The van der Waals surface area contributed by atoms with Gasteiger partial charge in [-0.05, 0) is 36.5 Å². The highest BCUT2D eigenvalue weighted by Crippen LogP contribution is 2.27. The van der Waals surface area contributed by atoms with Gasteiger partial charge in [0.2, 0.25) is 0 Å². The summed E-state index contributed by atoms with van der Waals surface area (Å²) in [6.07, 6.45) is 9.36. The van der Waals surface area contributed by atoms with E-state index in [1.54, 1.807) is 18.2 Å². The van der Waals surface area contributed by atoms with E-state index in [1.165, 1.54) is 19.3 Å². The van der Waals surface area contributed by atoms with Crippen molar-refractivity contribution in [1.29, 1.82) is 0 Å². The molecule has 0 unspecified atom stereocenters. The Morgan fingerprint density at radius 2 is 1.95 bits per heavy atom. The van der Waals surface area contributed by atoms with Crippen LogP contribution in [-0.2, 0) is 9.84 Å². The van der Waals surface area contributed by atoms with Crippen molar-refractivity contribution in [3.05, 3.63) is 35.9 Å². The third kappa shape index (κ3) is 4.18. The first kappa shape index (κ1) is 15.3. The zero-order valence-electron chi connectivity index (χ0n) is 11.8. The molecule has 3 nitrogen and oxygen atoms in total. The Kier molecular flexibility index (Phi) is 5.38. The zero-order valence-corrected chi connectivity index (χ0v) is 12.6. The molecule has 4 heteroatoms. The fourth-order valence-electron chi connectivity index (χ4n) is 2.78. The van der Waals surface area contributed by atoms with Crippen molar-refractivity contribution in [2.24, 2.45) is 11.7 Å². The lowest BCUT2D eigenvalue weighted by Crippen LogP contribution is -2.18. The predicted octanol–water partition coefficient (Wildman–Crippen LogP) is 3.01. The fourth-order valence-corrected chi connectivity index (χ4v) is 4.52. The second kappa shape index (κ2) is 7.04. The van der Waals surface area contributed by atoms with Crippen molar-refractivity contribution in [1.82, 2.24) is 0 Å². The Labute approximate surface area is 121 Å².